The minimum atomic E-state index is -0.642. The van der Waals surface area contributed by atoms with Crippen molar-refractivity contribution in [3.05, 3.63) is 342 Å². The lowest BCUT2D eigenvalue weighted by molar-refractivity contribution is -0.385. The van der Waals surface area contributed by atoms with Gasteiger partial charge in [-0.3, -0.25) is 92.8 Å². The number of halogens is 1. The number of anilines is 5. The number of ether oxygens (including phenoxy) is 8. The van der Waals surface area contributed by atoms with Crippen molar-refractivity contribution in [3.8, 4) is 23.0 Å². The first-order valence-corrected chi connectivity index (χ1v) is 49.4. The fourth-order valence-electron chi connectivity index (χ4n) is 16.6. The van der Waals surface area contributed by atoms with Crippen molar-refractivity contribution in [1.29, 1.82) is 0 Å². The predicted octanol–water partition coefficient (Wildman–Crippen LogP) is 18.6. The molecule has 35 heteroatoms. The number of carbonyl (C=O) groups is 10. The molecular formula is C113H127FN12O22. The number of para-hydroxylation sites is 5. The van der Waals surface area contributed by atoms with Crippen LogP contribution in [0, 0.1) is 26.0 Å². The van der Waals surface area contributed by atoms with Crippen LogP contribution in [0.15, 0.2) is 255 Å². The van der Waals surface area contributed by atoms with Crippen LogP contribution in [0.5, 0.6) is 23.0 Å². The van der Waals surface area contributed by atoms with Crippen molar-refractivity contribution in [2.45, 2.75) is 89.9 Å². The number of carbonyl (C=O) groups excluding carboxylic acids is 10. The molecule has 15 rings (SSSR count). The Hall–Kier alpha value is -15.3. The molecule has 0 spiro atoms. The van der Waals surface area contributed by atoms with Crippen molar-refractivity contribution in [2.24, 2.45) is 0 Å². The highest BCUT2D eigenvalue weighted by Crippen LogP contribution is 2.37. The molecule has 5 amide bonds. The van der Waals surface area contributed by atoms with E-state index < -0.39 is 33.4 Å². The molecule has 778 valence electrons. The Bertz CT molecular complexity index is 6240. The quantitative estimate of drug-likeness (QED) is 0.0102. The van der Waals surface area contributed by atoms with E-state index in [2.05, 4.69) is 63.3 Å². The van der Waals surface area contributed by atoms with Crippen molar-refractivity contribution >= 4 is 98.3 Å². The molecule has 0 unspecified atom stereocenters. The second-order valence-corrected chi connectivity index (χ2v) is 34.8. The number of nitrogens with one attached hydrogen (secondary N) is 5. The lowest BCUT2D eigenvalue weighted by atomic mass is 10.0. The SMILES string of the molecule is COc1cc(NC(=O)c2ccccc2F)c(C(=O)CCCCN2CCOCC2)cc1OC.COc1ccc(C(=O)Nc2ccccc2C(=O)CCCCc2ccccc2)cc1.COc1cccc(C(=O)CCCCN2CCOCC2)c1NC(=O)c1cccnc1.O=C(CCCN1CCOCC1)c1ccccc1NC(=O)c1ccccc1[N+](=O)[O-].O=C(Nc1ccccc1C(=O)CCCN1CCOCC1)c1cccc([N+](=O)[O-])c1. The van der Waals surface area contributed by atoms with Crippen LogP contribution in [0.3, 0.4) is 0 Å². The summed E-state index contributed by atoms with van der Waals surface area (Å²) in [7, 11) is 6.04. The second kappa shape index (κ2) is 61.2. The molecule has 11 aromatic rings. The van der Waals surface area contributed by atoms with Gasteiger partial charge in [-0.25, -0.2) is 4.39 Å². The summed E-state index contributed by atoms with van der Waals surface area (Å²) in [6.45, 7) is 16.7. The molecule has 34 nitrogen and oxygen atoms in total. The van der Waals surface area contributed by atoms with Gasteiger partial charge < -0.3 is 64.5 Å². The van der Waals surface area contributed by atoms with Crippen LogP contribution >= 0.6 is 0 Å². The lowest BCUT2D eigenvalue weighted by Crippen LogP contribution is -2.36. The number of nitrogens with zero attached hydrogens (tertiary/aromatic N) is 7. The molecule has 4 fully saturated rings. The minimum Gasteiger partial charge on any atom is -0.497 e. The molecule has 4 aliphatic rings. The number of aromatic nitrogens is 1. The number of ketones is 5. The monoisotopic (exact) mass is 2020 g/mol. The summed E-state index contributed by atoms with van der Waals surface area (Å²) in [5, 5.41) is 35.8. The molecule has 5 N–H and O–H groups in total. The van der Waals surface area contributed by atoms with Gasteiger partial charge in [-0.2, -0.15) is 0 Å². The molecule has 10 aromatic carbocycles. The van der Waals surface area contributed by atoms with E-state index in [0.29, 0.717) is 143 Å². The number of hydrogen-bond donors (Lipinski definition) is 5. The number of non-ortho nitro benzene ring substituents is 1. The van der Waals surface area contributed by atoms with Crippen LogP contribution < -0.4 is 45.5 Å². The number of rotatable bonds is 44. The third-order valence-electron chi connectivity index (χ3n) is 24.7. The smallest absolute Gasteiger partial charge is 0.282 e. The number of pyridine rings is 1. The van der Waals surface area contributed by atoms with E-state index >= 15 is 0 Å². The number of benzene rings is 10. The maximum absolute atomic E-state index is 14.0. The fraction of sp³-hybridized carbons (Fsp3) is 0.336. The van der Waals surface area contributed by atoms with Gasteiger partial charge in [0.1, 0.15) is 22.9 Å². The van der Waals surface area contributed by atoms with Gasteiger partial charge in [-0.1, -0.05) is 103 Å². The summed E-state index contributed by atoms with van der Waals surface area (Å²) in [4.78, 5) is 161. The minimum absolute atomic E-state index is 0.00707. The fourth-order valence-corrected chi connectivity index (χ4v) is 16.6. The molecule has 0 aliphatic carbocycles. The molecule has 0 radical (unpaired) electrons. The Morgan fingerprint density at radius 1 is 0.331 bits per heavy atom. The van der Waals surface area contributed by atoms with Gasteiger partial charge in [0, 0.05) is 160 Å². The number of Topliss-reactive ketones (excluding diaryl/α,β-unsaturated/α-hetero) is 5. The molecule has 0 bridgehead atoms. The van der Waals surface area contributed by atoms with Crippen LogP contribution in [0.2, 0.25) is 0 Å². The van der Waals surface area contributed by atoms with Crippen LogP contribution in [-0.4, -0.2) is 253 Å². The summed E-state index contributed by atoms with van der Waals surface area (Å²) in [6.07, 6.45) is 12.5. The van der Waals surface area contributed by atoms with Crippen molar-refractivity contribution in [3.63, 3.8) is 0 Å². The van der Waals surface area contributed by atoms with Gasteiger partial charge in [0.25, 0.3) is 40.9 Å². The van der Waals surface area contributed by atoms with Crippen LogP contribution in [-0.2, 0) is 25.4 Å². The number of morpholine rings is 4. The van der Waals surface area contributed by atoms with Crippen LogP contribution in [0.4, 0.5) is 44.2 Å². The molecule has 4 aliphatic heterocycles. The average molecular weight is 2020 g/mol. The highest BCUT2D eigenvalue weighted by atomic mass is 19.1. The zero-order valence-corrected chi connectivity index (χ0v) is 83.8. The van der Waals surface area contributed by atoms with E-state index in [-0.39, 0.29) is 74.5 Å². The number of nitro benzene ring substituents is 2. The highest BCUT2D eigenvalue weighted by Gasteiger charge is 2.28. The van der Waals surface area contributed by atoms with E-state index in [1.54, 1.807) is 147 Å². The van der Waals surface area contributed by atoms with Crippen LogP contribution in [0.25, 0.3) is 0 Å². The van der Waals surface area contributed by atoms with E-state index in [4.69, 9.17) is 37.9 Å². The normalized spacial score (nSPS) is 13.5. The number of hydrogen-bond acceptors (Lipinski definition) is 27. The summed E-state index contributed by atoms with van der Waals surface area (Å²) in [6, 6.07) is 66.4. The van der Waals surface area contributed by atoms with Crippen LogP contribution in [0.1, 0.15) is 193 Å². The Kier molecular flexibility index (Phi) is 46.7. The van der Waals surface area contributed by atoms with E-state index in [1.807, 2.05) is 30.3 Å². The zero-order chi connectivity index (χ0) is 105. The molecule has 4 saturated heterocycles. The number of aryl methyl sites for hydroxylation is 1. The molecule has 0 atom stereocenters. The summed E-state index contributed by atoms with van der Waals surface area (Å²) in [5.41, 5.74) is 5.90. The van der Waals surface area contributed by atoms with Crippen molar-refractivity contribution in [1.82, 2.24) is 24.6 Å². The third-order valence-corrected chi connectivity index (χ3v) is 24.7. The summed E-state index contributed by atoms with van der Waals surface area (Å²) >= 11 is 0. The predicted molar refractivity (Wildman–Crippen MR) is 562 cm³/mol. The van der Waals surface area contributed by atoms with E-state index in [1.165, 1.54) is 99.8 Å². The van der Waals surface area contributed by atoms with E-state index in [0.717, 1.165) is 163 Å². The van der Waals surface area contributed by atoms with Gasteiger partial charge in [-0.05, 0) is 205 Å². The Balaban J connectivity index is 0.000000176. The number of unbranched alkanes of at least 4 members (excludes halogenated alkanes) is 3. The van der Waals surface area contributed by atoms with Gasteiger partial charge in [0.15, 0.2) is 40.4 Å². The number of nitro groups is 2. The Morgan fingerprint density at radius 3 is 1.20 bits per heavy atom. The molecule has 1 aromatic heterocycles. The van der Waals surface area contributed by atoms with Gasteiger partial charge in [-0.15, -0.1) is 0 Å². The molecular weight excluding hydrogens is 1900 g/mol. The van der Waals surface area contributed by atoms with Gasteiger partial charge >= 0.3 is 0 Å². The van der Waals surface area contributed by atoms with Gasteiger partial charge in [0.2, 0.25) is 0 Å². The van der Waals surface area contributed by atoms with Crippen molar-refractivity contribution < 1.29 is 100 Å². The Labute approximate surface area is 860 Å². The van der Waals surface area contributed by atoms with Gasteiger partial charge in [0.05, 0.1) is 131 Å². The highest BCUT2D eigenvalue weighted by molar-refractivity contribution is 6.14. The first-order valence-electron chi connectivity index (χ1n) is 49.4. The first-order chi connectivity index (χ1) is 72.0. The molecule has 0 saturated carbocycles. The largest absolute Gasteiger partial charge is 0.497 e. The summed E-state index contributed by atoms with van der Waals surface area (Å²) < 4.78 is 56.5. The number of methoxy groups -OCH3 is 4. The lowest BCUT2D eigenvalue weighted by Gasteiger charge is -2.26. The third kappa shape index (κ3) is 36.1. The number of amides is 5. The average Bonchev–Trinajstić information content (AvgIpc) is 0.810. The molecule has 5 heterocycles. The van der Waals surface area contributed by atoms with E-state index in [9.17, 15) is 72.6 Å². The topological polar surface area (TPSA) is 417 Å². The summed E-state index contributed by atoms with van der Waals surface area (Å²) in [5.74, 6) is -1.30. The maximum Gasteiger partial charge on any atom is 0.282 e. The first kappa shape index (κ1) is 113. The zero-order valence-electron chi connectivity index (χ0n) is 83.8. The molecule has 148 heavy (non-hydrogen) atoms. The standard InChI is InChI=1S/C25H25NO3.C24H29FN2O5.C22H27N3O4.2C21H23N3O5/c1-29-21-17-15-20(16-18-21)25(28)26-23-13-7-6-12-22(23)24(27)14-8-5-11-19-9-3-2-4-10-19;1-30-22-15-18(21(28)9-5-6-10-27-11-13-32-14-12-27)20(16-23(22)31-2)26-24(29)17-7-3-4-8-19(17)25;1-28-20-9-4-7-18(21(20)24-22(27)17-6-5-10-23-16-17)19(26)8-2-3-11-25-12-14-29-15-13-25;25-20(10-5-11-23-12-14-29-15-13-23)16-6-1-3-8-18(16)22-21(26)17-7-2-4-9-19(17)24(27)28;25-20(9-4-10-23-11-13-29-14-12-23)18-7-1-2-8-19(18)22-21(26)16-5-3-6-17(15-16)24(27)28/h2-4,6-7,9-10,12-13,15-18H,5,8,11,14H2,1H3,(H,26,28);3-4,7-8,15-16H,5-6,9-14H2,1-2H3,(H,26,29);4-7,9-10,16H,2-3,8,11-15H2,1H3,(H,24,27);1-4,6-9H,5,10-15H2,(H,22,26);1-3,5-8,15H,4,9-14H2,(H,22,26). The second-order valence-electron chi connectivity index (χ2n) is 34.8. The Morgan fingerprint density at radius 2 is 0.723 bits per heavy atom. The van der Waals surface area contributed by atoms with Crippen molar-refractivity contribution in [2.75, 3.05) is 186 Å². The maximum atomic E-state index is 14.0.